The summed E-state index contributed by atoms with van der Waals surface area (Å²) in [5.41, 5.74) is 14.1. The van der Waals surface area contributed by atoms with Crippen LogP contribution in [-0.2, 0) is 19.3 Å². The summed E-state index contributed by atoms with van der Waals surface area (Å²) in [5.74, 6) is 1.80. The van der Waals surface area contributed by atoms with Gasteiger partial charge in [0.1, 0.15) is 12.3 Å². The average Bonchev–Trinajstić information content (AvgIpc) is 3.61. The number of para-hydroxylation sites is 4. The second kappa shape index (κ2) is 10.3. The minimum atomic E-state index is -0.151. The van der Waals surface area contributed by atoms with Crippen molar-refractivity contribution in [2.45, 2.75) is 38.0 Å². The van der Waals surface area contributed by atoms with E-state index < -0.39 is 0 Å². The second-order valence-corrected chi connectivity index (χ2v) is 13.8. The Balaban J connectivity index is 1.26. The molecule has 3 unspecified atom stereocenters. The van der Waals surface area contributed by atoms with E-state index in [0.29, 0.717) is 0 Å². The first kappa shape index (κ1) is 27.1. The molecular formula is C43H34N6. The van der Waals surface area contributed by atoms with Gasteiger partial charge in [-0.3, -0.25) is 0 Å². The van der Waals surface area contributed by atoms with Gasteiger partial charge in [-0.2, -0.15) is 0 Å². The highest BCUT2D eigenvalue weighted by atomic mass is 15.5. The average molecular weight is 635 g/mol. The minimum absolute atomic E-state index is 0.0178. The molecule has 0 saturated heterocycles. The van der Waals surface area contributed by atoms with Crippen LogP contribution >= 0.6 is 0 Å². The first-order valence-electron chi connectivity index (χ1n) is 17.4. The molecule has 0 saturated carbocycles. The van der Waals surface area contributed by atoms with Gasteiger partial charge in [-0.25, -0.2) is 9.97 Å². The van der Waals surface area contributed by atoms with E-state index in [0.717, 1.165) is 43.0 Å². The Kier molecular flexibility index (Phi) is 5.70. The van der Waals surface area contributed by atoms with Crippen LogP contribution in [0.2, 0.25) is 0 Å². The fourth-order valence-corrected chi connectivity index (χ4v) is 9.11. The highest BCUT2D eigenvalue weighted by Gasteiger charge is 2.53. The molecule has 6 aromatic rings. The van der Waals surface area contributed by atoms with E-state index >= 15 is 0 Å². The molecule has 236 valence electrons. The van der Waals surface area contributed by atoms with E-state index in [1.807, 2.05) is 12.4 Å². The van der Waals surface area contributed by atoms with Crippen LogP contribution in [0.1, 0.15) is 28.7 Å². The number of aromatic nitrogens is 2. The number of hydrogen-bond acceptors (Lipinski definition) is 6. The predicted octanol–water partition coefficient (Wildman–Crippen LogP) is 9.47. The van der Waals surface area contributed by atoms with Crippen molar-refractivity contribution in [2.75, 3.05) is 19.6 Å². The van der Waals surface area contributed by atoms with Gasteiger partial charge in [0.15, 0.2) is 11.6 Å². The molecule has 0 aliphatic carbocycles. The van der Waals surface area contributed by atoms with Gasteiger partial charge in [0, 0.05) is 35.0 Å². The molecule has 0 spiro atoms. The van der Waals surface area contributed by atoms with E-state index in [-0.39, 0.29) is 18.2 Å². The summed E-state index contributed by atoms with van der Waals surface area (Å²) in [7, 11) is 0. The van der Waals surface area contributed by atoms with Gasteiger partial charge in [-0.15, -0.1) is 0 Å². The molecule has 49 heavy (non-hydrogen) atoms. The molecule has 10 bridgehead atoms. The molecule has 7 aliphatic heterocycles. The quantitative estimate of drug-likeness (QED) is 0.179. The number of nitrogens with zero attached hydrogens (tertiary/aromatic N) is 6. The lowest BCUT2D eigenvalue weighted by atomic mass is 9.92. The molecule has 5 aromatic carbocycles. The molecule has 0 N–H and O–H groups in total. The Morgan fingerprint density at radius 2 is 1.10 bits per heavy atom. The van der Waals surface area contributed by atoms with Crippen LogP contribution in [0.25, 0.3) is 5.57 Å². The number of allylic oxidation sites excluding steroid dienone is 1. The molecule has 6 nitrogen and oxygen atoms in total. The lowest BCUT2D eigenvalue weighted by Gasteiger charge is -2.44. The second-order valence-electron chi connectivity index (χ2n) is 13.8. The molecule has 6 heteroatoms. The topological polar surface area (TPSA) is 38.7 Å². The van der Waals surface area contributed by atoms with Gasteiger partial charge >= 0.3 is 0 Å². The molecule has 1 aromatic heterocycles. The van der Waals surface area contributed by atoms with E-state index in [1.54, 1.807) is 0 Å². The molecule has 0 radical (unpaired) electrons. The van der Waals surface area contributed by atoms with Crippen molar-refractivity contribution in [3.05, 3.63) is 162 Å². The zero-order valence-electron chi connectivity index (χ0n) is 27.0. The summed E-state index contributed by atoms with van der Waals surface area (Å²) >= 11 is 0. The number of hydrogen-bond donors (Lipinski definition) is 0. The van der Waals surface area contributed by atoms with Crippen LogP contribution < -0.4 is 19.6 Å². The highest BCUT2D eigenvalue weighted by Crippen LogP contribution is 2.57. The summed E-state index contributed by atoms with van der Waals surface area (Å²) in [6.07, 6.45) is 10.0. The minimum Gasteiger partial charge on any atom is -0.317 e. The zero-order chi connectivity index (χ0) is 32.1. The maximum Gasteiger partial charge on any atom is 0.178 e. The lowest BCUT2D eigenvalue weighted by Crippen LogP contribution is -2.55. The summed E-state index contributed by atoms with van der Waals surface area (Å²) in [6, 6.07) is 45.3. The zero-order valence-corrected chi connectivity index (χ0v) is 27.0. The van der Waals surface area contributed by atoms with Crippen LogP contribution in [0.5, 0.6) is 0 Å². The van der Waals surface area contributed by atoms with Crippen LogP contribution in [-0.4, -0.2) is 22.3 Å². The summed E-state index contributed by atoms with van der Waals surface area (Å²) in [6.45, 7) is 0. The van der Waals surface area contributed by atoms with E-state index in [2.05, 4.69) is 147 Å². The monoisotopic (exact) mass is 634 g/mol. The third-order valence-corrected chi connectivity index (χ3v) is 11.2. The van der Waals surface area contributed by atoms with Gasteiger partial charge in [0.2, 0.25) is 0 Å². The summed E-state index contributed by atoms with van der Waals surface area (Å²) in [4.78, 5) is 20.4. The van der Waals surface area contributed by atoms with Gasteiger partial charge in [-0.05, 0) is 96.5 Å². The molecule has 8 heterocycles. The summed E-state index contributed by atoms with van der Waals surface area (Å²) in [5, 5.41) is 0. The van der Waals surface area contributed by atoms with Crippen LogP contribution in [0, 0.1) is 5.92 Å². The van der Waals surface area contributed by atoms with Crippen molar-refractivity contribution in [1.29, 1.82) is 0 Å². The molecule has 0 amide bonds. The Labute approximate surface area is 286 Å². The fraction of sp³-hybridized carbons (Fsp3) is 0.163. The van der Waals surface area contributed by atoms with Gasteiger partial charge in [-0.1, -0.05) is 78.9 Å². The maximum absolute atomic E-state index is 5.12. The Morgan fingerprint density at radius 1 is 0.469 bits per heavy atom. The molecule has 7 aliphatic rings. The van der Waals surface area contributed by atoms with Crippen molar-refractivity contribution in [3.8, 4) is 0 Å². The van der Waals surface area contributed by atoms with Gasteiger partial charge in [0.05, 0.1) is 23.0 Å². The number of aryl methyl sites for hydroxylation is 3. The molecule has 13 rings (SSSR count). The number of benzene rings is 5. The number of anilines is 8. The van der Waals surface area contributed by atoms with Crippen LogP contribution in [0.4, 0.5) is 45.8 Å². The van der Waals surface area contributed by atoms with Crippen molar-refractivity contribution in [1.82, 2.24) is 9.97 Å². The largest absolute Gasteiger partial charge is 0.317 e. The van der Waals surface area contributed by atoms with E-state index in [4.69, 9.17) is 9.97 Å². The number of fused-ring (bicyclic) bond motifs is 11. The number of rotatable bonds is 1. The van der Waals surface area contributed by atoms with E-state index in [1.165, 1.54) is 56.3 Å². The van der Waals surface area contributed by atoms with Crippen molar-refractivity contribution in [3.63, 3.8) is 0 Å². The molecule has 0 fully saturated rings. The van der Waals surface area contributed by atoms with Gasteiger partial charge < -0.3 is 19.6 Å². The SMILES string of the molecule is C1=C2CCc3ccc4c(c3)CCc3ccc(cc3)N3c5nccnc5N4C3C1C1N(c3ccccc3)c3ccccc3N1c1ccccc12. The standard InChI is InChI=1S/C43H34N6/c1-2-8-32(9-3-1)46-38-12-6-7-13-39(38)48-37-11-5-4-10-34(37)30-19-15-29-18-23-36-31(26-29)20-14-28-16-21-33(22-17-28)47-40-41(45-25-24-44-40)49(36)43(47)35(27-30)42(46)48/h1-13,16-18,21-27,35,42-43H,14-15,19-20H2. The van der Waals surface area contributed by atoms with Crippen LogP contribution in [0.15, 0.2) is 140 Å². The smallest absolute Gasteiger partial charge is 0.178 e. The Morgan fingerprint density at radius 3 is 1.92 bits per heavy atom. The van der Waals surface area contributed by atoms with E-state index in [9.17, 15) is 0 Å². The third kappa shape index (κ3) is 3.88. The van der Waals surface area contributed by atoms with Crippen LogP contribution in [0.3, 0.4) is 0 Å². The Hall–Kier alpha value is -5.88. The maximum atomic E-state index is 5.12. The summed E-state index contributed by atoms with van der Waals surface area (Å²) < 4.78 is 0. The highest BCUT2D eigenvalue weighted by molar-refractivity contribution is 5.94. The van der Waals surface area contributed by atoms with Crippen molar-refractivity contribution in [2.24, 2.45) is 5.92 Å². The molecular weight excluding hydrogens is 601 g/mol. The third-order valence-electron chi connectivity index (χ3n) is 11.2. The van der Waals surface area contributed by atoms with Crippen molar-refractivity contribution < 1.29 is 0 Å². The molecule has 3 atom stereocenters. The normalized spacial score (nSPS) is 20.9. The fourth-order valence-electron chi connectivity index (χ4n) is 9.11. The Bertz CT molecular complexity index is 2300. The first-order valence-corrected chi connectivity index (χ1v) is 17.4. The van der Waals surface area contributed by atoms with Gasteiger partial charge in [0.25, 0.3) is 0 Å². The van der Waals surface area contributed by atoms with Crippen molar-refractivity contribution >= 4 is 51.3 Å². The lowest BCUT2D eigenvalue weighted by molar-refractivity contribution is 0.433. The predicted molar refractivity (Wildman–Crippen MR) is 198 cm³/mol. The first-order chi connectivity index (χ1) is 24.3.